The van der Waals surface area contributed by atoms with Crippen LogP contribution < -0.4 is 4.90 Å². The van der Waals surface area contributed by atoms with Crippen molar-refractivity contribution in [3.05, 3.63) is 62.9 Å². The largest absolute Gasteiger partial charge is 0.460 e. The molecule has 0 N–H and O–H groups in total. The zero-order valence-corrected chi connectivity index (χ0v) is 20.1. The number of sulfonamides is 1. The van der Waals surface area contributed by atoms with Gasteiger partial charge in [-0.05, 0) is 44.2 Å². The number of hydrogen-bond donors (Lipinski definition) is 0. The average molecular weight is 508 g/mol. The van der Waals surface area contributed by atoms with Crippen molar-refractivity contribution in [2.45, 2.75) is 18.7 Å². The van der Waals surface area contributed by atoms with Crippen LogP contribution in [0.1, 0.15) is 23.0 Å². The SMILES string of the molecule is CCOC(=O)c1oc2ccc(S(=O)(=O)N3CCN(c4ccc(Cl)cc4[N+](=O)[O-])CC3)cc2c1C. The number of fused-ring (bicyclic) bond motifs is 1. The number of halogens is 1. The molecule has 0 bridgehead atoms. The van der Waals surface area contributed by atoms with Crippen molar-refractivity contribution in [2.24, 2.45) is 0 Å². The third-order valence-corrected chi connectivity index (χ3v) is 7.85. The van der Waals surface area contributed by atoms with Gasteiger partial charge in [0, 0.05) is 48.2 Å². The minimum Gasteiger partial charge on any atom is -0.460 e. The Bertz CT molecular complexity index is 1380. The van der Waals surface area contributed by atoms with E-state index in [1.165, 1.54) is 28.6 Å². The number of hydrogen-bond acceptors (Lipinski definition) is 8. The molecule has 0 unspecified atom stereocenters. The molecule has 0 atom stereocenters. The zero-order valence-electron chi connectivity index (χ0n) is 18.5. The molecule has 180 valence electrons. The number of ether oxygens (including phenoxy) is 1. The van der Waals surface area contributed by atoms with Crippen molar-refractivity contribution >= 4 is 49.9 Å². The van der Waals surface area contributed by atoms with Crippen LogP contribution in [0.25, 0.3) is 11.0 Å². The predicted molar refractivity (Wildman–Crippen MR) is 126 cm³/mol. The van der Waals surface area contributed by atoms with E-state index in [9.17, 15) is 23.3 Å². The van der Waals surface area contributed by atoms with Crippen molar-refractivity contribution in [2.75, 3.05) is 37.7 Å². The second kappa shape index (κ2) is 9.24. The summed E-state index contributed by atoms with van der Waals surface area (Å²) in [5.74, 6) is -0.558. The standard InChI is InChI=1S/C22H22ClN3O7S/c1-3-32-22(27)21-14(2)17-13-16(5-7-20(17)33-21)34(30,31)25-10-8-24(9-11-25)18-6-4-15(23)12-19(18)26(28)29/h4-7,12-13H,3,8-11H2,1-2H3. The van der Waals surface area contributed by atoms with Gasteiger partial charge in [-0.2, -0.15) is 4.31 Å². The van der Waals surface area contributed by atoms with Gasteiger partial charge in [0.15, 0.2) is 0 Å². The Balaban J connectivity index is 1.56. The molecule has 0 radical (unpaired) electrons. The van der Waals surface area contributed by atoms with Gasteiger partial charge in [-0.15, -0.1) is 0 Å². The van der Waals surface area contributed by atoms with E-state index in [2.05, 4.69) is 0 Å². The summed E-state index contributed by atoms with van der Waals surface area (Å²) >= 11 is 5.89. The Morgan fingerprint density at radius 1 is 1.18 bits per heavy atom. The number of nitro groups is 1. The van der Waals surface area contributed by atoms with Crippen LogP contribution in [-0.4, -0.2) is 56.4 Å². The second-order valence-corrected chi connectivity index (χ2v) is 10.1. The summed E-state index contributed by atoms with van der Waals surface area (Å²) in [4.78, 5) is 24.9. The topological polar surface area (TPSA) is 123 Å². The Morgan fingerprint density at radius 2 is 1.88 bits per heavy atom. The van der Waals surface area contributed by atoms with E-state index < -0.39 is 20.9 Å². The van der Waals surface area contributed by atoms with Crippen LogP contribution >= 0.6 is 11.6 Å². The minimum atomic E-state index is -3.84. The van der Waals surface area contributed by atoms with Gasteiger partial charge in [0.2, 0.25) is 15.8 Å². The lowest BCUT2D eigenvalue weighted by Crippen LogP contribution is -2.48. The van der Waals surface area contributed by atoms with Gasteiger partial charge in [0.1, 0.15) is 11.3 Å². The number of carbonyl (C=O) groups excluding carboxylic acids is 1. The smallest absolute Gasteiger partial charge is 0.374 e. The summed E-state index contributed by atoms with van der Waals surface area (Å²) in [6.07, 6.45) is 0. The number of piperazine rings is 1. The molecular weight excluding hydrogens is 486 g/mol. The average Bonchev–Trinajstić information content (AvgIpc) is 3.15. The number of nitrogens with zero attached hydrogens (tertiary/aromatic N) is 3. The van der Waals surface area contributed by atoms with Crippen molar-refractivity contribution in [3.63, 3.8) is 0 Å². The summed E-state index contributed by atoms with van der Waals surface area (Å²) in [6, 6.07) is 8.87. The van der Waals surface area contributed by atoms with E-state index in [4.69, 9.17) is 20.8 Å². The molecule has 1 fully saturated rings. The number of aryl methyl sites for hydroxylation is 1. The Labute approximate surface area is 200 Å². The molecule has 0 amide bonds. The predicted octanol–water partition coefficient (Wildman–Crippen LogP) is 3.99. The number of esters is 1. The maximum absolute atomic E-state index is 13.3. The first-order valence-corrected chi connectivity index (χ1v) is 12.3. The van der Waals surface area contributed by atoms with Gasteiger partial charge in [0.25, 0.3) is 5.69 Å². The lowest BCUT2D eigenvalue weighted by molar-refractivity contribution is -0.384. The van der Waals surface area contributed by atoms with E-state index in [-0.39, 0.29) is 54.2 Å². The van der Waals surface area contributed by atoms with Crippen LogP contribution in [0.3, 0.4) is 0 Å². The Kier molecular flexibility index (Phi) is 6.52. The molecule has 34 heavy (non-hydrogen) atoms. The Morgan fingerprint density at radius 3 is 2.53 bits per heavy atom. The first kappa shape index (κ1) is 24.0. The lowest BCUT2D eigenvalue weighted by atomic mass is 10.1. The molecular formula is C22H22ClN3O7S. The highest BCUT2D eigenvalue weighted by Gasteiger charge is 2.31. The van der Waals surface area contributed by atoms with Crippen LogP contribution in [0.15, 0.2) is 45.7 Å². The number of anilines is 1. The van der Waals surface area contributed by atoms with E-state index in [0.717, 1.165) is 0 Å². The fourth-order valence-electron chi connectivity index (χ4n) is 3.98. The first-order chi connectivity index (χ1) is 16.1. The van der Waals surface area contributed by atoms with E-state index in [1.807, 2.05) is 0 Å². The van der Waals surface area contributed by atoms with Crippen LogP contribution in [0.5, 0.6) is 0 Å². The molecule has 1 saturated heterocycles. The van der Waals surface area contributed by atoms with Crippen molar-refractivity contribution < 1.29 is 27.3 Å². The monoisotopic (exact) mass is 507 g/mol. The molecule has 2 aromatic carbocycles. The fraction of sp³-hybridized carbons (Fsp3) is 0.318. The maximum Gasteiger partial charge on any atom is 0.374 e. The normalized spacial score (nSPS) is 15.0. The highest BCUT2D eigenvalue weighted by atomic mass is 35.5. The molecule has 12 heteroatoms. The van der Waals surface area contributed by atoms with Crippen LogP contribution in [0, 0.1) is 17.0 Å². The van der Waals surface area contributed by atoms with Gasteiger partial charge in [0.05, 0.1) is 16.4 Å². The maximum atomic E-state index is 13.3. The number of rotatable bonds is 6. The summed E-state index contributed by atoms with van der Waals surface area (Å²) in [5, 5.41) is 12.2. The molecule has 3 aromatic rings. The molecule has 0 spiro atoms. The van der Waals surface area contributed by atoms with Gasteiger partial charge in [-0.3, -0.25) is 10.1 Å². The molecule has 0 saturated carbocycles. The highest BCUT2D eigenvalue weighted by Crippen LogP contribution is 2.33. The van der Waals surface area contributed by atoms with E-state index in [0.29, 0.717) is 22.2 Å². The van der Waals surface area contributed by atoms with Crippen LogP contribution in [0.2, 0.25) is 5.02 Å². The second-order valence-electron chi connectivity index (χ2n) is 7.72. The number of nitro benzene ring substituents is 1. The van der Waals surface area contributed by atoms with Gasteiger partial charge in [-0.1, -0.05) is 11.6 Å². The molecule has 4 rings (SSSR count). The van der Waals surface area contributed by atoms with Crippen molar-refractivity contribution in [1.29, 1.82) is 0 Å². The summed E-state index contributed by atoms with van der Waals surface area (Å²) in [6.45, 7) is 4.42. The van der Waals surface area contributed by atoms with E-state index >= 15 is 0 Å². The van der Waals surface area contributed by atoms with Gasteiger partial charge in [-0.25, -0.2) is 13.2 Å². The number of furan rings is 1. The molecule has 1 aromatic heterocycles. The third kappa shape index (κ3) is 4.33. The van der Waals surface area contributed by atoms with Gasteiger partial charge >= 0.3 is 5.97 Å². The quantitative estimate of drug-likeness (QED) is 0.279. The van der Waals surface area contributed by atoms with Crippen molar-refractivity contribution in [3.8, 4) is 0 Å². The number of benzene rings is 2. The number of carbonyl (C=O) groups is 1. The van der Waals surface area contributed by atoms with Crippen molar-refractivity contribution in [1.82, 2.24) is 4.31 Å². The molecule has 10 nitrogen and oxygen atoms in total. The van der Waals surface area contributed by atoms with E-state index in [1.54, 1.807) is 30.9 Å². The highest BCUT2D eigenvalue weighted by molar-refractivity contribution is 7.89. The lowest BCUT2D eigenvalue weighted by Gasteiger charge is -2.35. The summed E-state index contributed by atoms with van der Waals surface area (Å²) < 4.78 is 38.5. The molecule has 1 aliphatic rings. The summed E-state index contributed by atoms with van der Waals surface area (Å²) in [5.41, 5.74) is 1.17. The first-order valence-electron chi connectivity index (χ1n) is 10.5. The minimum absolute atomic E-state index is 0.0459. The molecule has 0 aliphatic carbocycles. The summed E-state index contributed by atoms with van der Waals surface area (Å²) in [7, 11) is -3.84. The third-order valence-electron chi connectivity index (χ3n) is 5.72. The molecule has 1 aliphatic heterocycles. The molecule has 2 heterocycles. The van der Waals surface area contributed by atoms with Crippen LogP contribution in [0.4, 0.5) is 11.4 Å². The van der Waals surface area contributed by atoms with Crippen LogP contribution in [-0.2, 0) is 14.8 Å². The van der Waals surface area contributed by atoms with Gasteiger partial charge < -0.3 is 14.1 Å². The Hall–Kier alpha value is -3.15. The zero-order chi connectivity index (χ0) is 24.6. The fourth-order valence-corrected chi connectivity index (χ4v) is 5.60.